The van der Waals surface area contributed by atoms with Crippen molar-refractivity contribution < 1.29 is 18.0 Å². The molecule has 196 valence electrons. The molecule has 2 aromatic carbocycles. The molecule has 1 aliphatic rings. The van der Waals surface area contributed by atoms with Gasteiger partial charge in [0.1, 0.15) is 5.82 Å². The molecule has 8 heteroatoms. The number of nitrogens with one attached hydrogen (secondary N) is 1. The minimum atomic E-state index is -4.38. The van der Waals surface area contributed by atoms with Gasteiger partial charge >= 0.3 is 6.18 Å². The number of carbonyl (C=O) groups is 1. The molecule has 1 aliphatic heterocycles. The molecule has 0 unspecified atom stereocenters. The predicted octanol–water partition coefficient (Wildman–Crippen LogP) is 6.64. The average Bonchev–Trinajstić information content (AvgIpc) is 3.12. The molecule has 1 amide bonds. The van der Waals surface area contributed by atoms with Crippen LogP contribution in [0.25, 0.3) is 11.1 Å². The molecule has 2 heterocycles. The lowest BCUT2D eigenvalue weighted by Crippen LogP contribution is -2.43. The van der Waals surface area contributed by atoms with E-state index in [0.717, 1.165) is 61.7 Å². The van der Waals surface area contributed by atoms with Gasteiger partial charge in [0.15, 0.2) is 0 Å². The minimum absolute atomic E-state index is 0.132. The SMILES string of the molecule is Cc1c(NC(=O)c2ccc(N3CCCN(C(C)(C)C)CC3)nc2)cccc1-c1ccc(C(F)(F)F)cc1. The number of nitrogens with zero attached hydrogens (tertiary/aromatic N) is 3. The van der Waals surface area contributed by atoms with Crippen LogP contribution in [-0.2, 0) is 6.18 Å². The second-order valence-electron chi connectivity index (χ2n) is 10.4. The van der Waals surface area contributed by atoms with E-state index in [9.17, 15) is 18.0 Å². The molecule has 1 N–H and O–H groups in total. The number of alkyl halides is 3. The van der Waals surface area contributed by atoms with Gasteiger partial charge in [0, 0.05) is 43.6 Å². The summed E-state index contributed by atoms with van der Waals surface area (Å²) in [5, 5.41) is 2.92. The smallest absolute Gasteiger partial charge is 0.355 e. The van der Waals surface area contributed by atoms with Crippen LogP contribution in [0.5, 0.6) is 0 Å². The van der Waals surface area contributed by atoms with E-state index in [2.05, 4.69) is 40.9 Å². The maximum atomic E-state index is 13.0. The summed E-state index contributed by atoms with van der Waals surface area (Å²) in [6.07, 6.45) is -1.74. The topological polar surface area (TPSA) is 48.5 Å². The van der Waals surface area contributed by atoms with Gasteiger partial charge in [-0.05, 0) is 81.1 Å². The van der Waals surface area contributed by atoms with Crippen LogP contribution in [0.3, 0.4) is 0 Å². The number of halogens is 3. The second-order valence-corrected chi connectivity index (χ2v) is 10.4. The summed E-state index contributed by atoms with van der Waals surface area (Å²) >= 11 is 0. The van der Waals surface area contributed by atoms with Crippen LogP contribution in [0.1, 0.15) is 48.7 Å². The maximum absolute atomic E-state index is 13.0. The normalized spacial score (nSPS) is 15.4. The van der Waals surface area contributed by atoms with Crippen molar-refractivity contribution in [2.75, 3.05) is 36.4 Å². The molecule has 1 aromatic heterocycles. The third-order valence-electron chi connectivity index (χ3n) is 6.88. The van der Waals surface area contributed by atoms with Crippen molar-refractivity contribution >= 4 is 17.4 Å². The highest BCUT2D eigenvalue weighted by Crippen LogP contribution is 2.33. The van der Waals surface area contributed by atoms with Crippen molar-refractivity contribution in [3.8, 4) is 11.1 Å². The Morgan fingerprint density at radius 1 is 0.919 bits per heavy atom. The molecule has 4 rings (SSSR count). The highest BCUT2D eigenvalue weighted by atomic mass is 19.4. The fourth-order valence-corrected chi connectivity index (χ4v) is 4.64. The molecule has 1 saturated heterocycles. The van der Waals surface area contributed by atoms with Crippen molar-refractivity contribution in [2.45, 2.75) is 45.8 Å². The Morgan fingerprint density at radius 3 is 2.27 bits per heavy atom. The van der Waals surface area contributed by atoms with E-state index >= 15 is 0 Å². The number of anilines is 2. The first-order valence-corrected chi connectivity index (χ1v) is 12.5. The number of amides is 1. The van der Waals surface area contributed by atoms with E-state index in [4.69, 9.17) is 0 Å². The molecule has 0 atom stereocenters. The lowest BCUT2D eigenvalue weighted by molar-refractivity contribution is -0.137. The Balaban J connectivity index is 1.45. The molecule has 0 radical (unpaired) electrons. The Hall–Kier alpha value is -3.39. The van der Waals surface area contributed by atoms with Gasteiger partial charge in [0.05, 0.1) is 11.1 Å². The van der Waals surface area contributed by atoms with Crippen molar-refractivity contribution in [2.24, 2.45) is 0 Å². The minimum Gasteiger partial charge on any atom is -0.355 e. The number of hydrogen-bond donors (Lipinski definition) is 1. The maximum Gasteiger partial charge on any atom is 0.416 e. The van der Waals surface area contributed by atoms with Gasteiger partial charge in [-0.1, -0.05) is 24.3 Å². The van der Waals surface area contributed by atoms with Gasteiger partial charge in [-0.25, -0.2) is 4.98 Å². The standard InChI is InChI=1S/C29H33F3N4O/c1-20-24(21-9-12-23(13-10-21)29(30,31)32)7-5-8-25(20)34-27(37)22-11-14-26(33-19-22)35-15-6-16-36(18-17-35)28(2,3)4/h5,7-14,19H,6,15-18H2,1-4H3,(H,34,37). The summed E-state index contributed by atoms with van der Waals surface area (Å²) in [5.74, 6) is 0.564. The van der Waals surface area contributed by atoms with Gasteiger partial charge in [-0.3, -0.25) is 9.69 Å². The lowest BCUT2D eigenvalue weighted by Gasteiger charge is -2.34. The van der Waals surface area contributed by atoms with E-state index in [1.165, 1.54) is 12.1 Å². The summed E-state index contributed by atoms with van der Waals surface area (Å²) in [7, 11) is 0. The van der Waals surface area contributed by atoms with Crippen molar-refractivity contribution in [1.82, 2.24) is 9.88 Å². The molecular weight excluding hydrogens is 477 g/mol. The third kappa shape index (κ3) is 6.31. The molecule has 0 spiro atoms. The molecule has 3 aromatic rings. The number of hydrogen-bond acceptors (Lipinski definition) is 4. The molecule has 0 aliphatic carbocycles. The predicted molar refractivity (Wildman–Crippen MR) is 142 cm³/mol. The van der Waals surface area contributed by atoms with Gasteiger partial charge < -0.3 is 10.2 Å². The Morgan fingerprint density at radius 2 is 1.65 bits per heavy atom. The summed E-state index contributed by atoms with van der Waals surface area (Å²) < 4.78 is 38.8. The van der Waals surface area contributed by atoms with Crippen LogP contribution in [-0.4, -0.2) is 47.5 Å². The van der Waals surface area contributed by atoms with Crippen LogP contribution in [0.2, 0.25) is 0 Å². The van der Waals surface area contributed by atoms with E-state index < -0.39 is 11.7 Å². The Labute approximate surface area is 216 Å². The zero-order chi connectivity index (χ0) is 26.8. The van der Waals surface area contributed by atoms with Crippen LogP contribution in [0.4, 0.5) is 24.7 Å². The quantitative estimate of drug-likeness (QED) is 0.428. The fourth-order valence-electron chi connectivity index (χ4n) is 4.64. The number of aromatic nitrogens is 1. The first-order chi connectivity index (χ1) is 17.4. The highest BCUT2D eigenvalue weighted by Gasteiger charge is 2.30. The average molecular weight is 511 g/mol. The largest absolute Gasteiger partial charge is 0.416 e. The van der Waals surface area contributed by atoms with Crippen LogP contribution < -0.4 is 10.2 Å². The van der Waals surface area contributed by atoms with E-state index in [1.807, 2.05) is 19.1 Å². The van der Waals surface area contributed by atoms with Gasteiger partial charge in [0.2, 0.25) is 0 Å². The molecule has 5 nitrogen and oxygen atoms in total. The van der Waals surface area contributed by atoms with E-state index in [-0.39, 0.29) is 11.4 Å². The highest BCUT2D eigenvalue weighted by molar-refractivity contribution is 6.05. The Kier molecular flexibility index (Phi) is 7.59. The van der Waals surface area contributed by atoms with E-state index in [0.29, 0.717) is 16.8 Å². The first kappa shape index (κ1) is 26.7. The lowest BCUT2D eigenvalue weighted by atomic mass is 9.98. The van der Waals surface area contributed by atoms with Gasteiger partial charge in [-0.15, -0.1) is 0 Å². The number of pyridine rings is 1. The van der Waals surface area contributed by atoms with Crippen molar-refractivity contribution in [3.63, 3.8) is 0 Å². The molecular formula is C29H33F3N4O. The first-order valence-electron chi connectivity index (χ1n) is 12.5. The Bertz CT molecular complexity index is 1230. The van der Waals surface area contributed by atoms with Crippen molar-refractivity contribution in [3.05, 3.63) is 77.5 Å². The third-order valence-corrected chi connectivity index (χ3v) is 6.88. The molecule has 0 bridgehead atoms. The second kappa shape index (κ2) is 10.5. The molecule has 37 heavy (non-hydrogen) atoms. The van der Waals surface area contributed by atoms with Crippen LogP contribution in [0, 0.1) is 6.92 Å². The number of benzene rings is 2. The summed E-state index contributed by atoms with van der Waals surface area (Å²) in [4.78, 5) is 22.3. The summed E-state index contributed by atoms with van der Waals surface area (Å²) in [5.41, 5.74) is 2.65. The molecule has 1 fully saturated rings. The van der Waals surface area contributed by atoms with Crippen molar-refractivity contribution in [1.29, 1.82) is 0 Å². The fraction of sp³-hybridized carbons (Fsp3) is 0.379. The summed E-state index contributed by atoms with van der Waals surface area (Å²) in [6.45, 7) is 12.3. The zero-order valence-electron chi connectivity index (χ0n) is 21.7. The van der Waals surface area contributed by atoms with E-state index in [1.54, 1.807) is 24.4 Å². The molecule has 0 saturated carbocycles. The zero-order valence-corrected chi connectivity index (χ0v) is 21.7. The van der Waals surface area contributed by atoms with Gasteiger partial charge in [0.25, 0.3) is 5.91 Å². The number of carbonyl (C=O) groups excluding carboxylic acids is 1. The summed E-state index contributed by atoms with van der Waals surface area (Å²) in [6, 6.07) is 14.1. The number of rotatable bonds is 4. The van der Waals surface area contributed by atoms with Gasteiger partial charge in [-0.2, -0.15) is 13.2 Å². The van der Waals surface area contributed by atoms with Crippen LogP contribution >= 0.6 is 0 Å². The monoisotopic (exact) mass is 510 g/mol. The van der Waals surface area contributed by atoms with Crippen LogP contribution in [0.15, 0.2) is 60.8 Å².